The van der Waals surface area contributed by atoms with E-state index in [0.717, 1.165) is 28.2 Å². The Balaban J connectivity index is 2.43. The van der Waals surface area contributed by atoms with E-state index in [-0.39, 0.29) is 0 Å². The molecule has 0 unspecified atom stereocenters. The summed E-state index contributed by atoms with van der Waals surface area (Å²) in [6, 6.07) is 7.78. The summed E-state index contributed by atoms with van der Waals surface area (Å²) in [5.41, 5.74) is 7.60. The molecule has 15 heavy (non-hydrogen) atoms. The monoisotopic (exact) mass is 219 g/mol. The number of para-hydroxylation sites is 2. The van der Waals surface area contributed by atoms with Crippen LogP contribution in [-0.2, 0) is 0 Å². The molecule has 0 aliphatic heterocycles. The average molecular weight is 219 g/mol. The van der Waals surface area contributed by atoms with Crippen LogP contribution in [-0.4, -0.2) is 15.7 Å². The number of hydrogen-bond donors (Lipinski definition) is 1. The fourth-order valence-electron chi connectivity index (χ4n) is 1.30. The number of benzene rings is 1. The molecule has 0 bridgehead atoms. The van der Waals surface area contributed by atoms with E-state index < -0.39 is 0 Å². The van der Waals surface area contributed by atoms with Crippen LogP contribution in [0.15, 0.2) is 29.3 Å². The minimum absolute atomic E-state index is 0.534. The van der Waals surface area contributed by atoms with E-state index in [1.165, 1.54) is 0 Å². The molecule has 0 atom stereocenters. The lowest BCUT2D eigenvalue weighted by Crippen LogP contribution is -1.97. The third kappa shape index (κ3) is 2.21. The zero-order chi connectivity index (χ0) is 10.7. The van der Waals surface area contributed by atoms with Crippen LogP contribution >= 0.6 is 11.8 Å². The smallest absolute Gasteiger partial charge is 0.156 e. The van der Waals surface area contributed by atoms with Crippen molar-refractivity contribution in [3.8, 4) is 0 Å². The van der Waals surface area contributed by atoms with Gasteiger partial charge in [-0.3, -0.25) is 0 Å². The first-order valence-corrected chi connectivity index (χ1v) is 5.95. The fourth-order valence-corrected chi connectivity index (χ4v) is 2.06. The third-order valence-electron chi connectivity index (χ3n) is 2.01. The highest BCUT2D eigenvalue weighted by Gasteiger charge is 2.05. The van der Waals surface area contributed by atoms with Crippen molar-refractivity contribution in [3.05, 3.63) is 24.3 Å². The van der Waals surface area contributed by atoms with Crippen molar-refractivity contribution in [2.24, 2.45) is 0 Å². The summed E-state index contributed by atoms with van der Waals surface area (Å²) in [5, 5.41) is 0.843. The van der Waals surface area contributed by atoms with E-state index in [9.17, 15) is 0 Å². The number of fused-ring (bicyclic) bond motifs is 1. The first-order valence-electron chi connectivity index (χ1n) is 4.96. The van der Waals surface area contributed by atoms with Crippen LogP contribution in [0.3, 0.4) is 0 Å². The molecule has 78 valence electrons. The molecule has 0 saturated heterocycles. The van der Waals surface area contributed by atoms with Gasteiger partial charge in [0.1, 0.15) is 5.03 Å². The quantitative estimate of drug-likeness (QED) is 0.806. The molecule has 2 rings (SSSR count). The number of rotatable bonds is 3. The van der Waals surface area contributed by atoms with Gasteiger partial charge >= 0.3 is 0 Å². The minimum atomic E-state index is 0.534. The first-order chi connectivity index (χ1) is 7.31. The molecule has 0 spiro atoms. The Morgan fingerprint density at radius 2 is 1.87 bits per heavy atom. The summed E-state index contributed by atoms with van der Waals surface area (Å²) in [4.78, 5) is 8.81. The van der Waals surface area contributed by atoms with Gasteiger partial charge in [-0.2, -0.15) is 0 Å². The van der Waals surface area contributed by atoms with Gasteiger partial charge in [-0.25, -0.2) is 9.97 Å². The van der Waals surface area contributed by atoms with Crippen LogP contribution in [0.25, 0.3) is 11.0 Å². The molecule has 1 aromatic carbocycles. The van der Waals surface area contributed by atoms with Gasteiger partial charge in [0, 0.05) is 0 Å². The zero-order valence-corrected chi connectivity index (χ0v) is 9.42. The Kier molecular flexibility index (Phi) is 3.06. The van der Waals surface area contributed by atoms with Crippen LogP contribution in [0.5, 0.6) is 0 Å². The largest absolute Gasteiger partial charge is 0.381 e. The Labute approximate surface area is 93.1 Å². The summed E-state index contributed by atoms with van der Waals surface area (Å²) in [6.45, 7) is 2.14. The van der Waals surface area contributed by atoms with E-state index >= 15 is 0 Å². The maximum atomic E-state index is 5.83. The molecule has 0 fully saturated rings. The Morgan fingerprint density at radius 3 is 2.53 bits per heavy atom. The van der Waals surface area contributed by atoms with Gasteiger partial charge < -0.3 is 5.73 Å². The van der Waals surface area contributed by atoms with Crippen molar-refractivity contribution >= 4 is 28.6 Å². The molecule has 0 aliphatic carbocycles. The Hall–Kier alpha value is -1.29. The van der Waals surface area contributed by atoms with Crippen LogP contribution in [0.2, 0.25) is 0 Å². The second-order valence-electron chi connectivity index (χ2n) is 3.25. The number of nitrogens with zero attached hydrogens (tertiary/aromatic N) is 2. The molecule has 1 heterocycles. The van der Waals surface area contributed by atoms with E-state index in [4.69, 9.17) is 5.73 Å². The number of aromatic nitrogens is 2. The lowest BCUT2D eigenvalue weighted by molar-refractivity contribution is 1.08. The van der Waals surface area contributed by atoms with Gasteiger partial charge in [-0.1, -0.05) is 19.1 Å². The van der Waals surface area contributed by atoms with Gasteiger partial charge in [-0.05, 0) is 24.3 Å². The zero-order valence-electron chi connectivity index (χ0n) is 8.60. The second kappa shape index (κ2) is 4.49. The maximum Gasteiger partial charge on any atom is 0.156 e. The van der Waals surface area contributed by atoms with E-state index in [1.54, 1.807) is 11.8 Å². The van der Waals surface area contributed by atoms with Gasteiger partial charge in [0.15, 0.2) is 5.82 Å². The van der Waals surface area contributed by atoms with Gasteiger partial charge in [0.2, 0.25) is 0 Å². The normalized spacial score (nSPS) is 10.7. The molecular formula is C11H13N3S. The highest BCUT2D eigenvalue weighted by atomic mass is 32.2. The number of nitrogens with two attached hydrogens (primary N) is 1. The molecule has 2 aromatic rings. The second-order valence-corrected chi connectivity index (χ2v) is 4.33. The van der Waals surface area contributed by atoms with Gasteiger partial charge in [0.25, 0.3) is 0 Å². The summed E-state index contributed by atoms with van der Waals surface area (Å²) < 4.78 is 0. The van der Waals surface area contributed by atoms with Crippen molar-refractivity contribution in [2.45, 2.75) is 18.4 Å². The minimum Gasteiger partial charge on any atom is -0.381 e. The van der Waals surface area contributed by atoms with Gasteiger partial charge in [0.05, 0.1) is 11.0 Å². The van der Waals surface area contributed by atoms with E-state index in [1.807, 2.05) is 24.3 Å². The summed E-state index contributed by atoms with van der Waals surface area (Å²) in [7, 11) is 0. The Morgan fingerprint density at radius 1 is 1.20 bits per heavy atom. The average Bonchev–Trinajstić information content (AvgIpc) is 2.26. The molecular weight excluding hydrogens is 206 g/mol. The number of nitrogen functional groups attached to an aromatic ring is 1. The van der Waals surface area contributed by atoms with Crippen LogP contribution in [0.4, 0.5) is 5.82 Å². The van der Waals surface area contributed by atoms with Crippen molar-refractivity contribution in [2.75, 3.05) is 11.5 Å². The SMILES string of the molecule is CCCSc1nc2ccccc2nc1N. The van der Waals surface area contributed by atoms with E-state index in [0.29, 0.717) is 5.82 Å². The van der Waals surface area contributed by atoms with E-state index in [2.05, 4.69) is 16.9 Å². The lowest BCUT2D eigenvalue weighted by atomic mass is 10.3. The topological polar surface area (TPSA) is 51.8 Å². The molecule has 0 amide bonds. The molecule has 1 aromatic heterocycles. The third-order valence-corrected chi connectivity index (χ3v) is 3.19. The predicted molar refractivity (Wildman–Crippen MR) is 65.0 cm³/mol. The Bertz CT molecular complexity index is 470. The molecule has 4 heteroatoms. The lowest BCUT2D eigenvalue weighted by Gasteiger charge is -2.04. The number of hydrogen-bond acceptors (Lipinski definition) is 4. The van der Waals surface area contributed by atoms with Crippen LogP contribution in [0, 0.1) is 0 Å². The summed E-state index contributed by atoms with van der Waals surface area (Å²) in [6.07, 6.45) is 1.11. The molecule has 3 nitrogen and oxygen atoms in total. The maximum absolute atomic E-state index is 5.83. The fraction of sp³-hybridized carbons (Fsp3) is 0.273. The van der Waals surface area contributed by atoms with Crippen molar-refractivity contribution in [3.63, 3.8) is 0 Å². The summed E-state index contributed by atoms with van der Waals surface area (Å²) in [5.74, 6) is 1.56. The highest BCUT2D eigenvalue weighted by Crippen LogP contribution is 2.24. The van der Waals surface area contributed by atoms with Crippen molar-refractivity contribution < 1.29 is 0 Å². The number of anilines is 1. The molecule has 0 radical (unpaired) electrons. The first kappa shape index (κ1) is 10.2. The predicted octanol–water partition coefficient (Wildman–Crippen LogP) is 2.71. The van der Waals surface area contributed by atoms with Crippen molar-refractivity contribution in [1.82, 2.24) is 9.97 Å². The summed E-state index contributed by atoms with van der Waals surface area (Å²) >= 11 is 1.66. The molecule has 0 aliphatic rings. The molecule has 0 saturated carbocycles. The van der Waals surface area contributed by atoms with Crippen LogP contribution in [0.1, 0.15) is 13.3 Å². The highest BCUT2D eigenvalue weighted by molar-refractivity contribution is 7.99. The van der Waals surface area contributed by atoms with Gasteiger partial charge in [-0.15, -0.1) is 11.8 Å². The molecule has 2 N–H and O–H groups in total. The number of thioether (sulfide) groups is 1. The van der Waals surface area contributed by atoms with Crippen LogP contribution < -0.4 is 5.73 Å². The van der Waals surface area contributed by atoms with Crippen molar-refractivity contribution in [1.29, 1.82) is 0 Å². The standard InChI is InChI=1S/C11H13N3S/c1-2-7-15-11-10(12)13-8-5-3-4-6-9(8)14-11/h3-6H,2,7H2,1H3,(H2,12,13).